The normalized spacial score (nSPS) is 26.4. The Morgan fingerprint density at radius 2 is 1.98 bits per heavy atom. The van der Waals surface area contributed by atoms with Gasteiger partial charge in [0.25, 0.3) is 0 Å². The van der Waals surface area contributed by atoms with E-state index in [1.165, 1.54) is 0 Å². The van der Waals surface area contributed by atoms with Crippen LogP contribution in [0.15, 0.2) is 42.5 Å². The van der Waals surface area contributed by atoms with Gasteiger partial charge in [0, 0.05) is 49.3 Å². The average Bonchev–Trinajstić information content (AvgIpc) is 2.99. The number of methoxy groups -OCH3 is 1. The first kappa shape index (κ1) is 30.7. The molecule has 0 bridgehead atoms. The van der Waals surface area contributed by atoms with Crippen LogP contribution in [0.5, 0.6) is 5.75 Å². The molecule has 9 nitrogen and oxygen atoms in total. The van der Waals surface area contributed by atoms with Gasteiger partial charge in [-0.1, -0.05) is 31.2 Å². The van der Waals surface area contributed by atoms with Crippen LogP contribution in [0.1, 0.15) is 49.0 Å². The number of aliphatic hydroxyl groups excluding tert-OH is 1. The molecule has 3 aliphatic rings. The van der Waals surface area contributed by atoms with Crippen molar-refractivity contribution in [3.05, 3.63) is 59.2 Å². The van der Waals surface area contributed by atoms with Crippen molar-refractivity contribution in [2.45, 2.75) is 76.0 Å². The van der Waals surface area contributed by atoms with Gasteiger partial charge >= 0.3 is 0 Å². The second-order valence-corrected chi connectivity index (χ2v) is 16.7. The Balaban J connectivity index is 1.36. The molecule has 2 aromatic carbocycles. The van der Waals surface area contributed by atoms with Gasteiger partial charge in [0.15, 0.2) is 8.32 Å². The summed E-state index contributed by atoms with van der Waals surface area (Å²) in [7, 11) is -1.26. The van der Waals surface area contributed by atoms with Gasteiger partial charge in [-0.2, -0.15) is 0 Å². The standard InChI is InChI=1S/C32H45N3O6Si/c1-20-30(40-2)26-15-24(34-32(38)22-10-7-13-33-17-22)11-12-27(26)41-31(20)28(42(3,4)39)16-29(37)35-18-23-9-6-5-8-21(23)14-25(35)19-36/h5-6,8-9,11-12,15,20,22,25,28,30-31,33,36,39H,7,10,13-14,16-19H2,1-4H3,(H,34,38)/t20-,22?,25-,28?,30-,31-/m0/s1. The van der Waals surface area contributed by atoms with Crippen LogP contribution in [0.3, 0.4) is 0 Å². The maximum absolute atomic E-state index is 13.9. The number of amides is 2. The molecule has 1 fully saturated rings. The lowest BCUT2D eigenvalue weighted by Gasteiger charge is -2.44. The molecule has 2 unspecified atom stereocenters. The topological polar surface area (TPSA) is 120 Å². The molecule has 3 heterocycles. The Kier molecular flexibility index (Phi) is 9.39. The predicted molar refractivity (Wildman–Crippen MR) is 164 cm³/mol. The number of piperidine rings is 1. The molecular formula is C32H45N3O6Si. The van der Waals surface area contributed by atoms with Crippen molar-refractivity contribution in [2.75, 3.05) is 32.1 Å². The second kappa shape index (κ2) is 12.8. The number of hydrogen-bond acceptors (Lipinski definition) is 7. The van der Waals surface area contributed by atoms with Crippen LogP contribution in [0.2, 0.25) is 18.6 Å². The average molecular weight is 596 g/mol. The molecule has 42 heavy (non-hydrogen) atoms. The van der Waals surface area contributed by atoms with Crippen LogP contribution in [-0.4, -0.2) is 73.9 Å². The van der Waals surface area contributed by atoms with Crippen molar-refractivity contribution in [3.63, 3.8) is 0 Å². The van der Waals surface area contributed by atoms with Gasteiger partial charge in [0.1, 0.15) is 11.9 Å². The van der Waals surface area contributed by atoms with Crippen LogP contribution in [-0.2, 0) is 27.3 Å². The number of fused-ring (bicyclic) bond motifs is 2. The summed E-state index contributed by atoms with van der Waals surface area (Å²) >= 11 is 0. The van der Waals surface area contributed by atoms with Gasteiger partial charge in [0.05, 0.1) is 24.7 Å². The molecular weight excluding hydrogens is 550 g/mol. The molecule has 3 aliphatic heterocycles. The van der Waals surface area contributed by atoms with Crippen LogP contribution in [0, 0.1) is 11.8 Å². The number of nitrogens with one attached hydrogen (secondary N) is 2. The number of carbonyl (C=O) groups excluding carboxylic acids is 2. The molecule has 2 aromatic rings. The largest absolute Gasteiger partial charge is 0.490 e. The Morgan fingerprint density at radius 3 is 2.64 bits per heavy atom. The summed E-state index contributed by atoms with van der Waals surface area (Å²) in [5.74, 6) is 0.337. The third-order valence-corrected chi connectivity index (χ3v) is 11.7. The highest BCUT2D eigenvalue weighted by molar-refractivity contribution is 6.71. The van der Waals surface area contributed by atoms with Crippen molar-refractivity contribution in [1.82, 2.24) is 10.2 Å². The first-order valence-electron chi connectivity index (χ1n) is 15.1. The highest BCUT2D eigenvalue weighted by Gasteiger charge is 2.48. The summed E-state index contributed by atoms with van der Waals surface area (Å²) in [5.41, 5.74) is 3.39. The van der Waals surface area contributed by atoms with E-state index in [0.29, 0.717) is 30.9 Å². The third-order valence-electron chi connectivity index (χ3n) is 9.35. The fourth-order valence-electron chi connectivity index (χ4n) is 6.89. The number of benzene rings is 2. The molecule has 0 radical (unpaired) electrons. The quantitative estimate of drug-likeness (QED) is 0.344. The van der Waals surface area contributed by atoms with Gasteiger partial charge in [0.2, 0.25) is 11.8 Å². The smallest absolute Gasteiger partial charge is 0.228 e. The minimum absolute atomic E-state index is 0.00638. The fraction of sp³-hybridized carbons (Fsp3) is 0.562. The maximum atomic E-state index is 13.9. The van der Waals surface area contributed by atoms with Crippen molar-refractivity contribution >= 4 is 25.8 Å². The summed E-state index contributed by atoms with van der Waals surface area (Å²) < 4.78 is 12.6. The highest BCUT2D eigenvalue weighted by Crippen LogP contribution is 2.47. The number of carbonyl (C=O) groups is 2. The molecule has 10 heteroatoms. The lowest BCUT2D eigenvalue weighted by atomic mass is 9.86. The van der Waals surface area contributed by atoms with Crippen LogP contribution < -0.4 is 15.4 Å². The minimum Gasteiger partial charge on any atom is -0.490 e. The number of nitrogens with zero attached hydrogens (tertiary/aromatic N) is 1. The van der Waals surface area contributed by atoms with Crippen LogP contribution in [0.25, 0.3) is 0 Å². The van der Waals surface area contributed by atoms with E-state index in [1.54, 1.807) is 12.0 Å². The van der Waals surface area contributed by atoms with Crippen molar-refractivity contribution in [3.8, 4) is 5.75 Å². The number of rotatable bonds is 8. The van der Waals surface area contributed by atoms with E-state index >= 15 is 0 Å². The molecule has 0 aromatic heterocycles. The Hall–Kier alpha value is -2.76. The monoisotopic (exact) mass is 595 g/mol. The summed E-state index contributed by atoms with van der Waals surface area (Å²) in [6.07, 6.45) is 1.80. The molecule has 5 rings (SSSR count). The maximum Gasteiger partial charge on any atom is 0.228 e. The van der Waals surface area contributed by atoms with E-state index in [0.717, 1.165) is 36.1 Å². The molecule has 4 N–H and O–H groups in total. The van der Waals surface area contributed by atoms with Gasteiger partial charge < -0.3 is 34.9 Å². The first-order valence-corrected chi connectivity index (χ1v) is 18.2. The Labute approximate surface area is 249 Å². The van der Waals surface area contributed by atoms with Crippen LogP contribution >= 0.6 is 0 Å². The highest BCUT2D eigenvalue weighted by atomic mass is 28.4. The van der Waals surface area contributed by atoms with Gasteiger partial charge in [-0.05, 0) is 68.2 Å². The van der Waals surface area contributed by atoms with Crippen LogP contribution in [0.4, 0.5) is 5.69 Å². The van der Waals surface area contributed by atoms with Crippen molar-refractivity contribution < 1.29 is 29.0 Å². The Bertz CT molecular complexity index is 1280. The lowest BCUT2D eigenvalue weighted by molar-refractivity contribution is -0.137. The molecule has 0 spiro atoms. The molecule has 1 saturated heterocycles. The number of aliphatic hydroxyl groups is 1. The van der Waals surface area contributed by atoms with Gasteiger partial charge in [-0.15, -0.1) is 0 Å². The molecule has 0 aliphatic carbocycles. The molecule has 0 saturated carbocycles. The fourth-order valence-corrected chi connectivity index (χ4v) is 8.74. The second-order valence-electron chi connectivity index (χ2n) is 12.7. The SMILES string of the molecule is CO[C@@H]1c2cc(NC(=O)C3CCCNC3)ccc2O[C@H](C(CC(=O)N2Cc3ccccc3C[C@H]2CO)[Si](C)(C)O)[C@H]1C. The molecule has 6 atom stereocenters. The number of anilines is 1. The summed E-state index contributed by atoms with van der Waals surface area (Å²) in [6, 6.07) is 13.3. The van der Waals surface area contributed by atoms with Gasteiger partial charge in [-0.25, -0.2) is 0 Å². The van der Waals surface area contributed by atoms with E-state index in [2.05, 4.69) is 16.7 Å². The summed E-state index contributed by atoms with van der Waals surface area (Å²) in [5, 5.41) is 16.5. The van der Waals surface area contributed by atoms with E-state index in [9.17, 15) is 19.5 Å². The van der Waals surface area contributed by atoms with Crippen molar-refractivity contribution in [1.29, 1.82) is 0 Å². The number of hydrogen-bond donors (Lipinski definition) is 4. The van der Waals surface area contributed by atoms with E-state index in [4.69, 9.17) is 9.47 Å². The summed E-state index contributed by atoms with van der Waals surface area (Å²) in [4.78, 5) is 40.0. The van der Waals surface area contributed by atoms with Gasteiger partial charge in [-0.3, -0.25) is 9.59 Å². The first-order chi connectivity index (χ1) is 20.1. The zero-order valence-electron chi connectivity index (χ0n) is 25.1. The lowest BCUT2D eigenvalue weighted by Crippen LogP contribution is -2.52. The van der Waals surface area contributed by atoms with Crippen molar-refractivity contribution in [2.24, 2.45) is 11.8 Å². The van der Waals surface area contributed by atoms with E-state index < -0.39 is 20.0 Å². The van der Waals surface area contributed by atoms with E-state index in [-0.39, 0.29) is 48.8 Å². The zero-order chi connectivity index (χ0) is 30.0. The number of ether oxygens (including phenoxy) is 2. The van der Waals surface area contributed by atoms with E-state index in [1.807, 2.05) is 56.4 Å². The molecule has 2 amide bonds. The third kappa shape index (κ3) is 6.43. The Morgan fingerprint density at radius 1 is 1.21 bits per heavy atom. The summed E-state index contributed by atoms with van der Waals surface area (Å²) in [6.45, 7) is 7.70. The molecule has 228 valence electrons. The minimum atomic E-state index is -2.92. The zero-order valence-corrected chi connectivity index (χ0v) is 26.1. The predicted octanol–water partition coefficient (Wildman–Crippen LogP) is 3.61.